The van der Waals surface area contributed by atoms with Crippen molar-refractivity contribution >= 4 is 12.3 Å². The molecule has 0 fully saturated rings. The van der Waals surface area contributed by atoms with E-state index in [9.17, 15) is 9.59 Å². The monoisotopic (exact) mass is 218 g/mol. The van der Waals surface area contributed by atoms with Crippen LogP contribution in [0.2, 0.25) is 0 Å². The van der Waals surface area contributed by atoms with E-state index in [0.717, 1.165) is 0 Å². The van der Waals surface area contributed by atoms with Gasteiger partial charge in [0.15, 0.2) is 0 Å². The van der Waals surface area contributed by atoms with Gasteiger partial charge >= 0.3 is 24.1 Å². The van der Waals surface area contributed by atoms with E-state index in [-0.39, 0.29) is 6.61 Å². The number of carbonyl (C=O) groups excluding carboxylic acids is 1. The zero-order chi connectivity index (χ0) is 11.3. The van der Waals surface area contributed by atoms with Gasteiger partial charge in [0, 0.05) is 0 Å². The predicted molar refractivity (Wildman–Crippen MR) is 40.6 cm³/mol. The van der Waals surface area contributed by atoms with Crippen LogP contribution in [0.5, 0.6) is 11.8 Å². The van der Waals surface area contributed by atoms with Crippen molar-refractivity contribution in [3.63, 3.8) is 0 Å². The number of hydrogen-bond acceptors (Lipinski definition) is 8. The van der Waals surface area contributed by atoms with Crippen LogP contribution >= 0.6 is 0 Å². The van der Waals surface area contributed by atoms with E-state index in [2.05, 4.69) is 29.2 Å². The largest absolute Gasteiger partial charge is 0.515 e. The lowest BCUT2D eigenvalue weighted by Crippen LogP contribution is -2.12. The van der Waals surface area contributed by atoms with Crippen molar-refractivity contribution in [1.82, 2.24) is 10.3 Å². The van der Waals surface area contributed by atoms with Gasteiger partial charge in [-0.1, -0.05) is 0 Å². The summed E-state index contributed by atoms with van der Waals surface area (Å²) in [7, 11) is 0. The first kappa shape index (κ1) is 10.8. The second-order valence-electron chi connectivity index (χ2n) is 2.03. The van der Waals surface area contributed by atoms with E-state index >= 15 is 0 Å². The minimum absolute atomic E-state index is 0.0965. The molecule has 0 amide bonds. The van der Waals surface area contributed by atoms with E-state index < -0.39 is 24.1 Å². The van der Waals surface area contributed by atoms with Gasteiger partial charge in [0.05, 0.1) is 6.61 Å². The van der Waals surface area contributed by atoms with Crippen molar-refractivity contribution in [1.29, 1.82) is 0 Å². The molecular formula is C6H6N2O7. The SMILES string of the molecule is CCOC(=O)Oc1nonc1OC(=O)O. The van der Waals surface area contributed by atoms with E-state index in [4.69, 9.17) is 5.11 Å². The second-order valence-corrected chi connectivity index (χ2v) is 2.03. The minimum Gasteiger partial charge on any atom is -0.449 e. The average Bonchev–Trinajstić information content (AvgIpc) is 2.52. The fourth-order valence-electron chi connectivity index (χ4n) is 0.606. The third kappa shape index (κ3) is 3.14. The number of ether oxygens (including phenoxy) is 3. The van der Waals surface area contributed by atoms with Crippen molar-refractivity contribution in [3.8, 4) is 11.8 Å². The van der Waals surface area contributed by atoms with Crippen LogP contribution in [-0.2, 0) is 4.74 Å². The van der Waals surface area contributed by atoms with Gasteiger partial charge in [0.25, 0.3) is 0 Å². The molecule has 1 aromatic rings. The summed E-state index contributed by atoms with van der Waals surface area (Å²) in [5.41, 5.74) is 0. The Morgan fingerprint density at radius 3 is 2.47 bits per heavy atom. The number of carboxylic acid groups (broad SMARTS) is 1. The van der Waals surface area contributed by atoms with Gasteiger partial charge in [-0.25, -0.2) is 14.2 Å². The first-order chi connectivity index (χ1) is 7.13. The van der Waals surface area contributed by atoms with Crippen LogP contribution < -0.4 is 9.47 Å². The molecule has 1 heterocycles. The summed E-state index contributed by atoms with van der Waals surface area (Å²) in [5, 5.41) is 14.4. The second kappa shape index (κ2) is 4.79. The molecule has 1 aromatic heterocycles. The van der Waals surface area contributed by atoms with E-state index in [1.165, 1.54) is 0 Å². The quantitative estimate of drug-likeness (QED) is 0.728. The molecule has 0 spiro atoms. The Morgan fingerprint density at radius 1 is 1.33 bits per heavy atom. The maximum absolute atomic E-state index is 10.8. The molecular weight excluding hydrogens is 212 g/mol. The van der Waals surface area contributed by atoms with Crippen molar-refractivity contribution in [2.45, 2.75) is 6.92 Å². The highest BCUT2D eigenvalue weighted by Crippen LogP contribution is 2.21. The molecule has 0 saturated heterocycles. The lowest BCUT2D eigenvalue weighted by Gasteiger charge is -1.99. The van der Waals surface area contributed by atoms with Gasteiger partial charge in [0.1, 0.15) is 0 Å². The Kier molecular flexibility index (Phi) is 3.43. The predicted octanol–water partition coefficient (Wildman–Crippen LogP) is 0.662. The first-order valence-corrected chi connectivity index (χ1v) is 3.71. The standard InChI is InChI=1S/C6H6N2O7/c1-2-12-6(11)14-4-3(7-15-8-4)13-5(9)10/h2H2,1H3,(H,9,10). The summed E-state index contributed by atoms with van der Waals surface area (Å²) in [5.74, 6) is -1.09. The van der Waals surface area contributed by atoms with E-state index in [0.29, 0.717) is 0 Å². The molecule has 0 aliphatic carbocycles. The highest BCUT2D eigenvalue weighted by molar-refractivity contribution is 5.65. The van der Waals surface area contributed by atoms with Crippen molar-refractivity contribution in [2.24, 2.45) is 0 Å². The average molecular weight is 218 g/mol. The number of aromatic nitrogens is 2. The van der Waals surface area contributed by atoms with Gasteiger partial charge < -0.3 is 19.3 Å². The molecule has 0 bridgehead atoms. The van der Waals surface area contributed by atoms with Gasteiger partial charge in [0.2, 0.25) is 0 Å². The molecule has 15 heavy (non-hydrogen) atoms. The molecule has 0 aromatic carbocycles. The normalized spacial score (nSPS) is 9.40. The summed E-state index contributed by atoms with van der Waals surface area (Å²) in [6.07, 6.45) is -2.71. The molecule has 0 radical (unpaired) electrons. The lowest BCUT2D eigenvalue weighted by atomic mass is 10.7. The zero-order valence-corrected chi connectivity index (χ0v) is 7.50. The summed E-state index contributed by atoms with van der Waals surface area (Å²) in [4.78, 5) is 20.9. The highest BCUT2D eigenvalue weighted by atomic mass is 16.8. The Labute approximate surface area is 82.5 Å². The molecule has 0 aliphatic heterocycles. The van der Waals surface area contributed by atoms with Crippen LogP contribution in [0.4, 0.5) is 9.59 Å². The smallest absolute Gasteiger partial charge is 0.449 e. The van der Waals surface area contributed by atoms with Gasteiger partial charge in [-0.05, 0) is 17.2 Å². The molecule has 0 unspecified atom stereocenters. The molecule has 0 aliphatic rings. The lowest BCUT2D eigenvalue weighted by molar-refractivity contribution is 0.0984. The molecule has 82 valence electrons. The maximum Gasteiger partial charge on any atom is 0.515 e. The van der Waals surface area contributed by atoms with E-state index in [1.54, 1.807) is 6.92 Å². The molecule has 1 N–H and O–H groups in total. The van der Waals surface area contributed by atoms with Gasteiger partial charge in [-0.3, -0.25) is 0 Å². The van der Waals surface area contributed by atoms with Crippen LogP contribution in [0.15, 0.2) is 4.63 Å². The van der Waals surface area contributed by atoms with Crippen LogP contribution in [0.25, 0.3) is 0 Å². The number of nitrogens with zero attached hydrogens (tertiary/aromatic N) is 2. The fourth-order valence-corrected chi connectivity index (χ4v) is 0.606. The summed E-state index contributed by atoms with van der Waals surface area (Å²) < 4.78 is 17.0. The first-order valence-electron chi connectivity index (χ1n) is 3.71. The van der Waals surface area contributed by atoms with Crippen LogP contribution in [0.1, 0.15) is 6.92 Å². The third-order valence-corrected chi connectivity index (χ3v) is 1.06. The highest BCUT2D eigenvalue weighted by Gasteiger charge is 2.20. The number of carbonyl (C=O) groups is 2. The zero-order valence-electron chi connectivity index (χ0n) is 7.50. The van der Waals surface area contributed by atoms with Crippen LogP contribution in [0, 0.1) is 0 Å². The van der Waals surface area contributed by atoms with Gasteiger partial charge in [-0.2, -0.15) is 0 Å². The molecule has 9 heteroatoms. The molecule has 0 saturated carbocycles. The summed E-state index contributed by atoms with van der Waals surface area (Å²) in [6.45, 7) is 1.66. The molecule has 0 atom stereocenters. The minimum atomic E-state index is -1.64. The summed E-state index contributed by atoms with van der Waals surface area (Å²) in [6, 6.07) is 0. The Balaban J connectivity index is 2.64. The number of hydrogen-bond donors (Lipinski definition) is 1. The Morgan fingerprint density at radius 2 is 1.93 bits per heavy atom. The maximum atomic E-state index is 10.8. The van der Waals surface area contributed by atoms with E-state index in [1.807, 2.05) is 0 Å². The van der Waals surface area contributed by atoms with Crippen molar-refractivity contribution < 1.29 is 33.5 Å². The fraction of sp³-hybridized carbons (Fsp3) is 0.333. The van der Waals surface area contributed by atoms with Crippen molar-refractivity contribution in [2.75, 3.05) is 6.61 Å². The van der Waals surface area contributed by atoms with Gasteiger partial charge in [-0.15, -0.1) is 0 Å². The third-order valence-electron chi connectivity index (χ3n) is 1.06. The summed E-state index contributed by atoms with van der Waals surface area (Å²) >= 11 is 0. The Hall–Kier alpha value is -2.32. The Bertz CT molecular complexity index is 360. The molecule has 9 nitrogen and oxygen atoms in total. The van der Waals surface area contributed by atoms with Crippen molar-refractivity contribution in [3.05, 3.63) is 0 Å². The molecule has 1 rings (SSSR count). The van der Waals surface area contributed by atoms with Crippen LogP contribution in [-0.4, -0.2) is 34.3 Å². The number of rotatable bonds is 3. The van der Waals surface area contributed by atoms with Crippen LogP contribution in [0.3, 0.4) is 0 Å². The topological polar surface area (TPSA) is 121 Å².